The molecule has 7 heteroatoms. The van der Waals surface area contributed by atoms with Gasteiger partial charge in [0.25, 0.3) is 5.91 Å². The zero-order valence-corrected chi connectivity index (χ0v) is 9.38. The molecule has 2 rings (SSSR count). The van der Waals surface area contributed by atoms with Gasteiger partial charge in [0.2, 0.25) is 0 Å². The second-order valence-electron chi connectivity index (χ2n) is 3.46. The molecular formula is C10H13N5O2. The molecule has 0 radical (unpaired) electrons. The molecule has 2 aromatic rings. The molecule has 0 aromatic carbocycles. The standard InChI is InChI=1S/C10H13N5O2/c1-2-15-6-8(11)9(13-15)10(16)12-5-7-3-4-17-14-7/h3-4,6H,2,5,11H2,1H3,(H,12,16). The molecule has 0 spiro atoms. The SMILES string of the molecule is CCn1cc(N)c(C(=O)NCc2ccon2)n1. The summed E-state index contributed by atoms with van der Waals surface area (Å²) in [4.78, 5) is 11.8. The Morgan fingerprint density at radius 3 is 3.06 bits per heavy atom. The first-order valence-corrected chi connectivity index (χ1v) is 5.21. The second-order valence-corrected chi connectivity index (χ2v) is 3.46. The quantitative estimate of drug-likeness (QED) is 0.799. The average Bonchev–Trinajstić information content (AvgIpc) is 2.94. The van der Waals surface area contributed by atoms with Crippen molar-refractivity contribution in [3.8, 4) is 0 Å². The van der Waals surface area contributed by atoms with Crippen molar-refractivity contribution >= 4 is 11.6 Å². The molecule has 1 amide bonds. The van der Waals surface area contributed by atoms with Crippen molar-refractivity contribution < 1.29 is 9.32 Å². The molecule has 0 saturated heterocycles. The number of hydrogen-bond acceptors (Lipinski definition) is 5. The van der Waals surface area contributed by atoms with Crippen molar-refractivity contribution in [3.63, 3.8) is 0 Å². The third-order valence-corrected chi connectivity index (χ3v) is 2.25. The third kappa shape index (κ3) is 2.44. The minimum atomic E-state index is -0.322. The number of aryl methyl sites for hydroxylation is 1. The minimum absolute atomic E-state index is 0.232. The molecule has 17 heavy (non-hydrogen) atoms. The topological polar surface area (TPSA) is 99.0 Å². The summed E-state index contributed by atoms with van der Waals surface area (Å²) >= 11 is 0. The number of carbonyl (C=O) groups excluding carboxylic acids is 1. The van der Waals surface area contributed by atoms with E-state index in [1.807, 2.05) is 6.92 Å². The molecular weight excluding hydrogens is 222 g/mol. The smallest absolute Gasteiger partial charge is 0.274 e. The molecule has 0 unspecified atom stereocenters. The normalized spacial score (nSPS) is 10.4. The van der Waals surface area contributed by atoms with Crippen LogP contribution in [0, 0.1) is 0 Å². The highest BCUT2D eigenvalue weighted by molar-refractivity contribution is 5.96. The Bertz CT molecular complexity index is 503. The summed E-state index contributed by atoms with van der Waals surface area (Å²) in [6, 6.07) is 1.67. The highest BCUT2D eigenvalue weighted by Crippen LogP contribution is 2.08. The van der Waals surface area contributed by atoms with Crippen molar-refractivity contribution in [1.29, 1.82) is 0 Å². The van der Waals surface area contributed by atoms with Gasteiger partial charge in [-0.2, -0.15) is 5.10 Å². The van der Waals surface area contributed by atoms with Crippen LogP contribution in [0.4, 0.5) is 5.69 Å². The van der Waals surface area contributed by atoms with Gasteiger partial charge in [-0.3, -0.25) is 9.48 Å². The Morgan fingerprint density at radius 2 is 2.47 bits per heavy atom. The number of nitrogen functional groups attached to an aromatic ring is 1. The molecule has 90 valence electrons. The fourth-order valence-electron chi connectivity index (χ4n) is 1.36. The molecule has 2 heterocycles. The maximum Gasteiger partial charge on any atom is 0.274 e. The predicted octanol–water partition coefficient (Wildman–Crippen LogP) is 0.403. The Kier molecular flexibility index (Phi) is 3.08. The van der Waals surface area contributed by atoms with Crippen LogP contribution in [0.2, 0.25) is 0 Å². The molecule has 0 atom stereocenters. The van der Waals surface area contributed by atoms with Crippen LogP contribution < -0.4 is 11.1 Å². The number of nitrogens with zero attached hydrogens (tertiary/aromatic N) is 3. The van der Waals surface area contributed by atoms with Crippen molar-refractivity contribution in [2.75, 3.05) is 5.73 Å². The summed E-state index contributed by atoms with van der Waals surface area (Å²) in [6.07, 6.45) is 3.08. The van der Waals surface area contributed by atoms with Crippen LogP contribution in [-0.2, 0) is 13.1 Å². The predicted molar refractivity (Wildman–Crippen MR) is 60.0 cm³/mol. The number of anilines is 1. The molecule has 0 fully saturated rings. The van der Waals surface area contributed by atoms with Gasteiger partial charge in [0, 0.05) is 18.8 Å². The Morgan fingerprint density at radius 1 is 1.65 bits per heavy atom. The fourth-order valence-corrected chi connectivity index (χ4v) is 1.36. The van der Waals surface area contributed by atoms with E-state index >= 15 is 0 Å². The molecule has 0 aliphatic carbocycles. The van der Waals surface area contributed by atoms with Crippen molar-refractivity contribution in [2.45, 2.75) is 20.0 Å². The average molecular weight is 235 g/mol. The van der Waals surface area contributed by atoms with Gasteiger partial charge in [0.15, 0.2) is 5.69 Å². The van der Waals surface area contributed by atoms with E-state index < -0.39 is 0 Å². The summed E-state index contributed by atoms with van der Waals surface area (Å²) in [7, 11) is 0. The van der Waals surface area contributed by atoms with Gasteiger partial charge >= 0.3 is 0 Å². The number of amides is 1. The van der Waals surface area contributed by atoms with E-state index in [1.54, 1.807) is 16.9 Å². The van der Waals surface area contributed by atoms with E-state index in [9.17, 15) is 4.79 Å². The first-order valence-electron chi connectivity index (χ1n) is 5.21. The van der Waals surface area contributed by atoms with E-state index in [1.165, 1.54) is 6.26 Å². The zero-order valence-electron chi connectivity index (χ0n) is 9.38. The van der Waals surface area contributed by atoms with E-state index in [2.05, 4.69) is 20.1 Å². The Labute approximate surface area is 97.6 Å². The van der Waals surface area contributed by atoms with Gasteiger partial charge < -0.3 is 15.6 Å². The number of rotatable bonds is 4. The largest absolute Gasteiger partial charge is 0.396 e. The lowest BCUT2D eigenvalue weighted by Gasteiger charge is -2.00. The number of hydrogen-bond donors (Lipinski definition) is 2. The first kappa shape index (κ1) is 11.2. The number of carbonyl (C=O) groups is 1. The highest BCUT2D eigenvalue weighted by atomic mass is 16.5. The summed E-state index contributed by atoms with van der Waals surface area (Å²) < 4.78 is 6.26. The maximum absolute atomic E-state index is 11.8. The summed E-state index contributed by atoms with van der Waals surface area (Å²) in [5, 5.41) is 10.4. The molecule has 0 aliphatic rings. The van der Waals surface area contributed by atoms with Gasteiger partial charge in [-0.05, 0) is 6.92 Å². The molecule has 3 N–H and O–H groups in total. The number of nitrogens with two attached hydrogens (primary N) is 1. The number of nitrogens with one attached hydrogen (secondary N) is 1. The van der Waals surface area contributed by atoms with Crippen LogP contribution in [0.5, 0.6) is 0 Å². The lowest BCUT2D eigenvalue weighted by molar-refractivity contribution is 0.0945. The molecule has 7 nitrogen and oxygen atoms in total. The van der Waals surface area contributed by atoms with Gasteiger partial charge in [-0.15, -0.1) is 0 Å². The third-order valence-electron chi connectivity index (χ3n) is 2.25. The summed E-state index contributed by atoms with van der Waals surface area (Å²) in [6.45, 7) is 2.87. The van der Waals surface area contributed by atoms with Crippen LogP contribution in [-0.4, -0.2) is 20.8 Å². The molecule has 0 aliphatic heterocycles. The van der Waals surface area contributed by atoms with Crippen LogP contribution >= 0.6 is 0 Å². The first-order chi connectivity index (χ1) is 8.20. The maximum atomic E-state index is 11.8. The van der Waals surface area contributed by atoms with E-state index in [0.717, 1.165) is 0 Å². The molecule has 0 saturated carbocycles. The van der Waals surface area contributed by atoms with Crippen LogP contribution in [0.15, 0.2) is 23.0 Å². The van der Waals surface area contributed by atoms with E-state index in [4.69, 9.17) is 5.73 Å². The van der Waals surface area contributed by atoms with Crippen LogP contribution in [0.25, 0.3) is 0 Å². The summed E-state index contributed by atoms with van der Waals surface area (Å²) in [5.74, 6) is -0.322. The fraction of sp³-hybridized carbons (Fsp3) is 0.300. The summed E-state index contributed by atoms with van der Waals surface area (Å²) in [5.41, 5.74) is 6.93. The zero-order chi connectivity index (χ0) is 12.3. The molecule has 2 aromatic heterocycles. The van der Waals surface area contributed by atoms with Crippen LogP contribution in [0.1, 0.15) is 23.1 Å². The van der Waals surface area contributed by atoms with E-state index in [-0.39, 0.29) is 18.1 Å². The Hall–Kier alpha value is -2.31. The van der Waals surface area contributed by atoms with Crippen molar-refractivity contribution in [2.24, 2.45) is 0 Å². The van der Waals surface area contributed by atoms with E-state index in [0.29, 0.717) is 17.9 Å². The highest BCUT2D eigenvalue weighted by Gasteiger charge is 2.14. The molecule has 0 bridgehead atoms. The van der Waals surface area contributed by atoms with Gasteiger partial charge in [-0.25, -0.2) is 0 Å². The monoisotopic (exact) mass is 235 g/mol. The number of aromatic nitrogens is 3. The second kappa shape index (κ2) is 4.69. The van der Waals surface area contributed by atoms with Crippen LogP contribution in [0.3, 0.4) is 0 Å². The van der Waals surface area contributed by atoms with Crippen molar-refractivity contribution in [3.05, 3.63) is 29.9 Å². The minimum Gasteiger partial charge on any atom is -0.396 e. The lowest BCUT2D eigenvalue weighted by Crippen LogP contribution is -2.24. The van der Waals surface area contributed by atoms with Gasteiger partial charge in [-0.1, -0.05) is 5.16 Å². The van der Waals surface area contributed by atoms with Gasteiger partial charge in [0.05, 0.1) is 12.2 Å². The van der Waals surface area contributed by atoms with Gasteiger partial charge in [0.1, 0.15) is 12.0 Å². The van der Waals surface area contributed by atoms with Crippen molar-refractivity contribution in [1.82, 2.24) is 20.3 Å². The lowest BCUT2D eigenvalue weighted by atomic mass is 10.3. The Balaban J connectivity index is 2.01.